The summed E-state index contributed by atoms with van der Waals surface area (Å²) in [5.41, 5.74) is 3.16. The van der Waals surface area contributed by atoms with Gasteiger partial charge in [0.2, 0.25) is 5.91 Å². The number of para-hydroxylation sites is 2. The average Bonchev–Trinajstić information content (AvgIpc) is 3.23. The van der Waals surface area contributed by atoms with Crippen LogP contribution in [0.25, 0.3) is 11.0 Å². The summed E-state index contributed by atoms with van der Waals surface area (Å²) in [4.78, 5) is 17.0. The van der Waals surface area contributed by atoms with E-state index in [0.29, 0.717) is 29.6 Å². The van der Waals surface area contributed by atoms with E-state index in [1.54, 1.807) is 0 Å². The number of unbranched alkanes of at least 4 members (excludes halogenated alkanes) is 2. The Kier molecular flexibility index (Phi) is 9.65. The van der Waals surface area contributed by atoms with Gasteiger partial charge in [-0.2, -0.15) is 0 Å². The van der Waals surface area contributed by atoms with Crippen LogP contribution in [0.1, 0.15) is 37.1 Å². The zero-order valence-corrected chi connectivity index (χ0v) is 21.8. The van der Waals surface area contributed by atoms with Gasteiger partial charge in [0.05, 0.1) is 24.1 Å². The maximum absolute atomic E-state index is 12.2. The molecule has 188 valence electrons. The fourth-order valence-electron chi connectivity index (χ4n) is 4.17. The Balaban J connectivity index is 1.20. The van der Waals surface area contributed by atoms with Crippen molar-refractivity contribution >= 4 is 40.1 Å². The molecule has 1 heterocycles. The zero-order valence-electron chi connectivity index (χ0n) is 20.3. The van der Waals surface area contributed by atoms with E-state index < -0.39 is 0 Å². The Bertz CT molecular complexity index is 1250. The maximum Gasteiger partial charge on any atom is 0.224 e. The van der Waals surface area contributed by atoms with E-state index in [1.165, 1.54) is 0 Å². The van der Waals surface area contributed by atoms with Crippen molar-refractivity contribution in [3.8, 4) is 5.75 Å². The number of fused-ring (bicyclic) bond motifs is 1. The lowest BCUT2D eigenvalue weighted by Crippen LogP contribution is -2.26. The first kappa shape index (κ1) is 26.1. The van der Waals surface area contributed by atoms with E-state index >= 15 is 0 Å². The molecule has 0 saturated heterocycles. The van der Waals surface area contributed by atoms with Gasteiger partial charge in [-0.3, -0.25) is 4.79 Å². The van der Waals surface area contributed by atoms with Crippen LogP contribution in [0.15, 0.2) is 72.8 Å². The van der Waals surface area contributed by atoms with Gasteiger partial charge < -0.3 is 14.6 Å². The van der Waals surface area contributed by atoms with Crippen LogP contribution in [0.3, 0.4) is 0 Å². The van der Waals surface area contributed by atoms with Gasteiger partial charge in [0.25, 0.3) is 0 Å². The summed E-state index contributed by atoms with van der Waals surface area (Å²) in [5.74, 6) is 1.98. The molecule has 4 aromatic rings. The lowest BCUT2D eigenvalue weighted by atomic mass is 10.1. The van der Waals surface area contributed by atoms with Gasteiger partial charge in [-0.25, -0.2) is 4.98 Å². The normalized spacial score (nSPS) is 11.1. The first-order valence-corrected chi connectivity index (χ1v) is 13.2. The second-order valence-electron chi connectivity index (χ2n) is 8.79. The molecule has 0 unspecified atom stereocenters. The number of aryl methyl sites for hydroxylation is 2. The van der Waals surface area contributed by atoms with E-state index in [9.17, 15) is 4.79 Å². The Hall–Kier alpha value is -3.02. The highest BCUT2D eigenvalue weighted by Gasteiger charge is 2.10. The molecule has 36 heavy (non-hydrogen) atoms. The first-order valence-electron chi connectivity index (χ1n) is 12.4. The molecule has 7 heteroatoms. The van der Waals surface area contributed by atoms with E-state index in [2.05, 4.69) is 28.1 Å². The predicted molar refractivity (Wildman–Crippen MR) is 147 cm³/mol. The molecular formula is C29H31Cl2N3O2. The number of benzene rings is 3. The van der Waals surface area contributed by atoms with Gasteiger partial charge in [0.15, 0.2) is 0 Å². The topological polar surface area (TPSA) is 56.2 Å². The quantitative estimate of drug-likeness (QED) is 0.194. The van der Waals surface area contributed by atoms with Crippen LogP contribution in [0.2, 0.25) is 10.0 Å². The van der Waals surface area contributed by atoms with Crippen LogP contribution < -0.4 is 10.1 Å². The summed E-state index contributed by atoms with van der Waals surface area (Å²) in [7, 11) is 0. The molecule has 1 amide bonds. The molecule has 0 atom stereocenters. The molecule has 1 N–H and O–H groups in total. The number of carbonyl (C=O) groups is 1. The summed E-state index contributed by atoms with van der Waals surface area (Å²) < 4.78 is 8.18. The van der Waals surface area contributed by atoms with Crippen molar-refractivity contribution in [3.05, 3.63) is 94.2 Å². The van der Waals surface area contributed by atoms with Gasteiger partial charge in [-0.1, -0.05) is 53.9 Å². The van der Waals surface area contributed by atoms with Gasteiger partial charge >= 0.3 is 0 Å². The van der Waals surface area contributed by atoms with Crippen LogP contribution >= 0.6 is 23.2 Å². The average molecular weight is 524 g/mol. The minimum atomic E-state index is 0.0416. The SMILES string of the molecule is O=C(Cc1ccc(Cl)cc1)NCCCCCc1nc2ccccc2n1CCCOc1ccc(Cl)cc1. The van der Waals surface area contributed by atoms with Gasteiger partial charge in [0.1, 0.15) is 11.6 Å². The number of rotatable bonds is 13. The minimum absolute atomic E-state index is 0.0416. The highest BCUT2D eigenvalue weighted by molar-refractivity contribution is 6.30. The highest BCUT2D eigenvalue weighted by Crippen LogP contribution is 2.19. The highest BCUT2D eigenvalue weighted by atomic mass is 35.5. The van der Waals surface area contributed by atoms with E-state index in [0.717, 1.165) is 66.8 Å². The molecule has 0 aliphatic rings. The number of amides is 1. The lowest BCUT2D eigenvalue weighted by Gasteiger charge is -2.11. The summed E-state index contributed by atoms with van der Waals surface area (Å²) >= 11 is 11.8. The maximum atomic E-state index is 12.2. The molecular weight excluding hydrogens is 493 g/mol. The van der Waals surface area contributed by atoms with Crippen LogP contribution in [-0.4, -0.2) is 28.6 Å². The second-order valence-corrected chi connectivity index (χ2v) is 9.66. The van der Waals surface area contributed by atoms with Crippen LogP contribution in [0, 0.1) is 0 Å². The van der Waals surface area contributed by atoms with Crippen molar-refractivity contribution < 1.29 is 9.53 Å². The van der Waals surface area contributed by atoms with Crippen molar-refractivity contribution in [2.24, 2.45) is 0 Å². The van der Waals surface area contributed by atoms with Crippen molar-refractivity contribution in [1.29, 1.82) is 0 Å². The third-order valence-electron chi connectivity index (χ3n) is 6.02. The van der Waals surface area contributed by atoms with E-state index in [4.69, 9.17) is 32.9 Å². The van der Waals surface area contributed by atoms with Crippen molar-refractivity contribution in [2.75, 3.05) is 13.2 Å². The van der Waals surface area contributed by atoms with Crippen molar-refractivity contribution in [2.45, 2.75) is 45.1 Å². The molecule has 5 nitrogen and oxygen atoms in total. The summed E-state index contributed by atoms with van der Waals surface area (Å²) in [6, 6.07) is 23.1. The summed E-state index contributed by atoms with van der Waals surface area (Å²) in [5, 5.41) is 4.40. The number of halogens is 2. The molecule has 0 aliphatic heterocycles. The molecule has 0 bridgehead atoms. The van der Waals surface area contributed by atoms with Crippen LogP contribution in [-0.2, 0) is 24.2 Å². The number of nitrogens with one attached hydrogen (secondary N) is 1. The number of hydrogen-bond acceptors (Lipinski definition) is 3. The molecule has 0 radical (unpaired) electrons. The third-order valence-corrected chi connectivity index (χ3v) is 6.52. The number of imidazole rings is 1. The number of hydrogen-bond donors (Lipinski definition) is 1. The lowest BCUT2D eigenvalue weighted by molar-refractivity contribution is -0.120. The monoisotopic (exact) mass is 523 g/mol. The fourth-order valence-corrected chi connectivity index (χ4v) is 4.42. The largest absolute Gasteiger partial charge is 0.494 e. The Morgan fingerprint density at radius 2 is 1.58 bits per heavy atom. The number of ether oxygens (including phenoxy) is 1. The smallest absolute Gasteiger partial charge is 0.224 e. The van der Waals surface area contributed by atoms with Gasteiger partial charge in [-0.15, -0.1) is 0 Å². The Morgan fingerprint density at radius 1 is 0.861 bits per heavy atom. The molecule has 0 spiro atoms. The molecule has 0 saturated carbocycles. The van der Waals surface area contributed by atoms with Crippen molar-refractivity contribution in [3.63, 3.8) is 0 Å². The predicted octanol–water partition coefficient (Wildman–Crippen LogP) is 6.88. The summed E-state index contributed by atoms with van der Waals surface area (Å²) in [6.45, 7) is 2.17. The van der Waals surface area contributed by atoms with Crippen molar-refractivity contribution in [1.82, 2.24) is 14.9 Å². The zero-order chi connectivity index (χ0) is 25.2. The number of nitrogens with zero attached hydrogens (tertiary/aromatic N) is 2. The van der Waals surface area contributed by atoms with Crippen LogP contribution in [0.4, 0.5) is 0 Å². The van der Waals surface area contributed by atoms with E-state index in [-0.39, 0.29) is 5.91 Å². The molecule has 4 rings (SSSR count). The Labute approximate surface area is 222 Å². The first-order chi connectivity index (χ1) is 17.6. The molecule has 0 fully saturated rings. The Morgan fingerprint density at radius 3 is 2.36 bits per heavy atom. The summed E-state index contributed by atoms with van der Waals surface area (Å²) in [6.07, 6.45) is 5.17. The van der Waals surface area contributed by atoms with Gasteiger partial charge in [-0.05, 0) is 73.4 Å². The minimum Gasteiger partial charge on any atom is -0.494 e. The van der Waals surface area contributed by atoms with E-state index in [1.807, 2.05) is 54.6 Å². The standard InChI is InChI=1S/C29H31Cl2N3O2/c30-23-12-10-22(11-13-23)21-29(35)32-18-5-1-2-9-28-33-26-7-3-4-8-27(26)34(28)19-6-20-36-25-16-14-24(31)15-17-25/h3-4,7-8,10-17H,1-2,5-6,9,18-21H2,(H,32,35). The third kappa shape index (κ3) is 7.74. The molecule has 0 aliphatic carbocycles. The number of aromatic nitrogens is 2. The second kappa shape index (κ2) is 13.3. The number of carbonyl (C=O) groups excluding carboxylic acids is 1. The fraction of sp³-hybridized carbons (Fsp3) is 0.310. The molecule has 3 aromatic carbocycles. The van der Waals surface area contributed by atoms with Crippen LogP contribution in [0.5, 0.6) is 5.75 Å². The molecule has 1 aromatic heterocycles. The van der Waals surface area contributed by atoms with Gasteiger partial charge in [0, 0.05) is 29.6 Å².